The number of carboxylic acid groups (broad SMARTS) is 2. The fourth-order valence-electron chi connectivity index (χ4n) is 1.10. The van der Waals surface area contributed by atoms with Gasteiger partial charge in [0.15, 0.2) is 6.10 Å². The number of aliphatic hydroxyl groups excluding tert-OH is 2. The van der Waals surface area contributed by atoms with Crippen LogP contribution in [0.4, 0.5) is 0 Å². The van der Waals surface area contributed by atoms with E-state index in [1.807, 2.05) is 6.08 Å². The van der Waals surface area contributed by atoms with Gasteiger partial charge in [-0.2, -0.15) is 0 Å². The maximum atomic E-state index is 9.72. The van der Waals surface area contributed by atoms with Crippen molar-refractivity contribution in [1.29, 1.82) is 0 Å². The highest BCUT2D eigenvalue weighted by Gasteiger charge is 2.16. The molecule has 20 heavy (non-hydrogen) atoms. The Kier molecular flexibility index (Phi) is 12.8. The molecular formula is C14H24O6. The molecule has 0 saturated carbocycles. The number of aliphatic hydroxyl groups is 2. The third-order valence-corrected chi connectivity index (χ3v) is 2.18. The summed E-state index contributed by atoms with van der Waals surface area (Å²) in [7, 11) is 0. The Morgan fingerprint density at radius 3 is 1.95 bits per heavy atom. The van der Waals surface area contributed by atoms with Gasteiger partial charge >= 0.3 is 11.9 Å². The highest BCUT2D eigenvalue weighted by molar-refractivity contribution is 5.79. The Bertz CT molecular complexity index is 353. The monoisotopic (exact) mass is 288 g/mol. The summed E-state index contributed by atoms with van der Waals surface area (Å²) >= 11 is 0. The fourth-order valence-corrected chi connectivity index (χ4v) is 1.10. The van der Waals surface area contributed by atoms with Crippen LogP contribution in [-0.4, -0.2) is 45.1 Å². The molecule has 6 nitrogen and oxygen atoms in total. The molecule has 0 aromatic rings. The SMILES string of the molecule is CC(C)=CCCC(C)=CCO.O=C(O)CC(O)C(=O)O. The topological polar surface area (TPSA) is 115 Å². The number of carboxylic acids is 2. The van der Waals surface area contributed by atoms with Crippen LogP contribution in [0.25, 0.3) is 0 Å². The van der Waals surface area contributed by atoms with Crippen LogP contribution in [0.3, 0.4) is 0 Å². The maximum Gasteiger partial charge on any atom is 0.333 e. The lowest BCUT2D eigenvalue weighted by molar-refractivity contribution is -0.152. The van der Waals surface area contributed by atoms with Crippen molar-refractivity contribution in [3.05, 3.63) is 23.3 Å². The van der Waals surface area contributed by atoms with Gasteiger partial charge in [-0.15, -0.1) is 0 Å². The van der Waals surface area contributed by atoms with E-state index in [9.17, 15) is 9.59 Å². The molecule has 0 radical (unpaired) electrons. The summed E-state index contributed by atoms with van der Waals surface area (Å²) in [6, 6.07) is 0. The molecular weight excluding hydrogens is 264 g/mol. The first-order valence-electron chi connectivity index (χ1n) is 6.23. The molecule has 0 saturated heterocycles. The molecule has 0 aromatic carbocycles. The summed E-state index contributed by atoms with van der Waals surface area (Å²) in [4.78, 5) is 19.4. The van der Waals surface area contributed by atoms with Gasteiger partial charge in [0.25, 0.3) is 0 Å². The van der Waals surface area contributed by atoms with Gasteiger partial charge in [0.1, 0.15) is 0 Å². The van der Waals surface area contributed by atoms with Crippen molar-refractivity contribution >= 4 is 11.9 Å². The Labute approximate surface area is 119 Å². The van der Waals surface area contributed by atoms with Crippen molar-refractivity contribution < 1.29 is 30.0 Å². The average Bonchev–Trinajstić information content (AvgIpc) is 2.28. The quantitative estimate of drug-likeness (QED) is 0.529. The largest absolute Gasteiger partial charge is 0.481 e. The summed E-state index contributed by atoms with van der Waals surface area (Å²) in [5, 5.41) is 32.7. The van der Waals surface area contributed by atoms with Crippen molar-refractivity contribution in [2.45, 2.75) is 46.1 Å². The fraction of sp³-hybridized carbons (Fsp3) is 0.571. The highest BCUT2D eigenvalue weighted by Crippen LogP contribution is 2.05. The summed E-state index contributed by atoms with van der Waals surface area (Å²) in [5.74, 6) is -2.85. The molecule has 1 unspecified atom stereocenters. The summed E-state index contributed by atoms with van der Waals surface area (Å²) in [6.45, 7) is 6.42. The van der Waals surface area contributed by atoms with Gasteiger partial charge in [0.2, 0.25) is 0 Å². The minimum atomic E-state index is -1.79. The zero-order chi connectivity index (χ0) is 16.1. The molecule has 116 valence electrons. The smallest absolute Gasteiger partial charge is 0.333 e. The second-order valence-electron chi connectivity index (χ2n) is 4.51. The van der Waals surface area contributed by atoms with Gasteiger partial charge in [-0.05, 0) is 33.6 Å². The van der Waals surface area contributed by atoms with Crippen LogP contribution < -0.4 is 0 Å². The Morgan fingerprint density at radius 2 is 1.65 bits per heavy atom. The van der Waals surface area contributed by atoms with Crippen LogP contribution in [-0.2, 0) is 9.59 Å². The van der Waals surface area contributed by atoms with E-state index in [-0.39, 0.29) is 6.61 Å². The van der Waals surface area contributed by atoms with Crippen LogP contribution in [0, 0.1) is 0 Å². The van der Waals surface area contributed by atoms with Gasteiger partial charge in [0.05, 0.1) is 13.0 Å². The molecule has 1 atom stereocenters. The van der Waals surface area contributed by atoms with E-state index in [0.29, 0.717) is 0 Å². The number of hydrogen-bond acceptors (Lipinski definition) is 4. The van der Waals surface area contributed by atoms with E-state index in [0.717, 1.165) is 12.8 Å². The van der Waals surface area contributed by atoms with Crippen LogP contribution >= 0.6 is 0 Å². The van der Waals surface area contributed by atoms with Crippen molar-refractivity contribution in [3.8, 4) is 0 Å². The van der Waals surface area contributed by atoms with Gasteiger partial charge in [-0.25, -0.2) is 4.79 Å². The van der Waals surface area contributed by atoms with Crippen LogP contribution in [0.1, 0.15) is 40.0 Å². The summed E-state index contributed by atoms with van der Waals surface area (Å²) < 4.78 is 0. The Morgan fingerprint density at radius 1 is 1.10 bits per heavy atom. The average molecular weight is 288 g/mol. The molecule has 0 spiro atoms. The van der Waals surface area contributed by atoms with Crippen molar-refractivity contribution in [1.82, 2.24) is 0 Å². The van der Waals surface area contributed by atoms with E-state index in [1.165, 1.54) is 11.1 Å². The first-order chi connectivity index (χ1) is 9.20. The molecule has 0 aliphatic heterocycles. The van der Waals surface area contributed by atoms with Gasteiger partial charge in [0, 0.05) is 0 Å². The lowest BCUT2D eigenvalue weighted by Gasteiger charge is -1.97. The minimum absolute atomic E-state index is 0.167. The normalized spacial score (nSPS) is 11.9. The molecule has 0 rings (SSSR count). The molecule has 0 aliphatic carbocycles. The van der Waals surface area contributed by atoms with Crippen LogP contribution in [0.2, 0.25) is 0 Å². The number of aliphatic carboxylic acids is 2. The van der Waals surface area contributed by atoms with Crippen LogP contribution in [0.15, 0.2) is 23.3 Å². The van der Waals surface area contributed by atoms with Crippen molar-refractivity contribution in [2.24, 2.45) is 0 Å². The van der Waals surface area contributed by atoms with E-state index < -0.39 is 24.5 Å². The van der Waals surface area contributed by atoms with Gasteiger partial charge in [-0.1, -0.05) is 23.3 Å². The van der Waals surface area contributed by atoms with Gasteiger partial charge in [-0.3, -0.25) is 4.79 Å². The molecule has 6 heteroatoms. The molecule has 4 N–H and O–H groups in total. The number of carbonyl (C=O) groups is 2. The summed E-state index contributed by atoms with van der Waals surface area (Å²) in [6.07, 6.45) is 3.68. The number of allylic oxidation sites excluding steroid dienone is 3. The maximum absolute atomic E-state index is 9.72. The first-order valence-corrected chi connectivity index (χ1v) is 6.23. The number of rotatable bonds is 7. The second kappa shape index (κ2) is 12.4. The van der Waals surface area contributed by atoms with E-state index >= 15 is 0 Å². The van der Waals surface area contributed by atoms with E-state index in [4.69, 9.17) is 20.4 Å². The molecule has 0 bridgehead atoms. The lowest BCUT2D eigenvalue weighted by Crippen LogP contribution is -2.22. The van der Waals surface area contributed by atoms with Gasteiger partial charge < -0.3 is 20.4 Å². The third-order valence-electron chi connectivity index (χ3n) is 2.18. The zero-order valence-corrected chi connectivity index (χ0v) is 12.2. The highest BCUT2D eigenvalue weighted by atomic mass is 16.4. The number of hydrogen-bond donors (Lipinski definition) is 4. The molecule has 0 aliphatic rings. The summed E-state index contributed by atoms with van der Waals surface area (Å²) in [5.41, 5.74) is 2.63. The predicted octanol–water partition coefficient (Wildman–Crippen LogP) is 1.58. The molecule has 0 fully saturated rings. The first kappa shape index (κ1) is 20.7. The van der Waals surface area contributed by atoms with Crippen molar-refractivity contribution in [2.75, 3.05) is 6.61 Å². The zero-order valence-electron chi connectivity index (χ0n) is 12.2. The second-order valence-corrected chi connectivity index (χ2v) is 4.51. The minimum Gasteiger partial charge on any atom is -0.481 e. The van der Waals surface area contributed by atoms with Crippen molar-refractivity contribution in [3.63, 3.8) is 0 Å². The van der Waals surface area contributed by atoms with E-state index in [1.54, 1.807) is 0 Å². The predicted molar refractivity (Wildman–Crippen MR) is 75.4 cm³/mol. The lowest BCUT2D eigenvalue weighted by atomic mass is 10.1. The third kappa shape index (κ3) is 16.3. The molecule has 0 heterocycles. The van der Waals surface area contributed by atoms with E-state index in [2.05, 4.69) is 26.8 Å². The standard InChI is InChI=1S/C10H18O.C4H6O5/c1-9(2)5-4-6-10(3)7-8-11;5-2(4(8)9)1-3(6)7/h5,7,11H,4,6,8H2,1-3H3;2,5H,1H2,(H,6,7)(H,8,9). The molecule has 0 aromatic heterocycles. The molecule has 0 amide bonds. The van der Waals surface area contributed by atoms with Crippen LogP contribution in [0.5, 0.6) is 0 Å². The Hall–Kier alpha value is -1.66. The Balaban J connectivity index is 0.